The lowest BCUT2D eigenvalue weighted by Crippen LogP contribution is -2.01. The molecule has 0 unspecified atom stereocenters. The number of ether oxygens (including phenoxy) is 1. The first-order chi connectivity index (χ1) is 6.19. The maximum absolute atomic E-state index is 11.1. The third-order valence-electron chi connectivity index (χ3n) is 1.46. The SMILES string of the molecule is COC(=O)c1ccc(N=O)cc1Br. The van der Waals surface area contributed by atoms with E-state index in [9.17, 15) is 9.70 Å². The molecule has 4 nitrogen and oxygen atoms in total. The molecule has 0 atom stereocenters. The first-order valence-electron chi connectivity index (χ1n) is 3.40. The van der Waals surface area contributed by atoms with Crippen LogP contribution >= 0.6 is 15.9 Å². The molecule has 0 radical (unpaired) electrons. The minimum Gasteiger partial charge on any atom is -0.465 e. The van der Waals surface area contributed by atoms with Crippen molar-refractivity contribution in [2.45, 2.75) is 0 Å². The Kier molecular flexibility index (Phi) is 3.13. The maximum atomic E-state index is 11.1. The van der Waals surface area contributed by atoms with Gasteiger partial charge in [0.05, 0.1) is 12.7 Å². The van der Waals surface area contributed by atoms with Crippen LogP contribution < -0.4 is 0 Å². The molecule has 5 heteroatoms. The Balaban J connectivity index is 3.12. The molecule has 1 aromatic rings. The molecule has 0 fully saturated rings. The molecule has 0 N–H and O–H groups in total. The number of carbonyl (C=O) groups is 1. The summed E-state index contributed by atoms with van der Waals surface area (Å²) in [6.07, 6.45) is 0. The second kappa shape index (κ2) is 4.13. The summed E-state index contributed by atoms with van der Waals surface area (Å²) >= 11 is 3.13. The van der Waals surface area contributed by atoms with Gasteiger partial charge in [-0.25, -0.2) is 4.79 Å². The average molecular weight is 244 g/mol. The molecular weight excluding hydrogens is 238 g/mol. The second-order valence-electron chi connectivity index (χ2n) is 2.25. The van der Waals surface area contributed by atoms with Crippen molar-refractivity contribution in [3.05, 3.63) is 33.1 Å². The lowest BCUT2D eigenvalue weighted by atomic mass is 10.2. The van der Waals surface area contributed by atoms with Crippen molar-refractivity contribution in [1.29, 1.82) is 0 Å². The molecule has 0 spiro atoms. The molecule has 0 aromatic heterocycles. The van der Waals surface area contributed by atoms with Crippen LogP contribution in [0, 0.1) is 4.91 Å². The number of halogens is 1. The first-order valence-corrected chi connectivity index (χ1v) is 4.19. The molecule has 1 rings (SSSR count). The van der Waals surface area contributed by atoms with Crippen molar-refractivity contribution in [2.75, 3.05) is 7.11 Å². The lowest BCUT2D eigenvalue weighted by Gasteiger charge is -2.01. The summed E-state index contributed by atoms with van der Waals surface area (Å²) < 4.78 is 5.01. The van der Waals surface area contributed by atoms with Crippen LogP contribution in [0.25, 0.3) is 0 Å². The van der Waals surface area contributed by atoms with E-state index in [1.54, 1.807) is 0 Å². The molecule has 0 heterocycles. The molecule has 0 aliphatic rings. The summed E-state index contributed by atoms with van der Waals surface area (Å²) in [7, 11) is 1.29. The zero-order valence-electron chi connectivity index (χ0n) is 6.78. The van der Waals surface area contributed by atoms with Crippen molar-refractivity contribution in [1.82, 2.24) is 0 Å². The van der Waals surface area contributed by atoms with Crippen LogP contribution in [0.4, 0.5) is 5.69 Å². The number of hydrogen-bond donors (Lipinski definition) is 0. The van der Waals surface area contributed by atoms with Crippen molar-refractivity contribution in [3.63, 3.8) is 0 Å². The second-order valence-corrected chi connectivity index (χ2v) is 3.10. The summed E-state index contributed by atoms with van der Waals surface area (Å²) in [6, 6.07) is 4.38. The Morgan fingerprint density at radius 1 is 1.54 bits per heavy atom. The third kappa shape index (κ3) is 2.12. The van der Waals surface area contributed by atoms with Gasteiger partial charge in [0.1, 0.15) is 5.69 Å². The third-order valence-corrected chi connectivity index (χ3v) is 2.12. The van der Waals surface area contributed by atoms with Crippen LogP contribution in [0.2, 0.25) is 0 Å². The molecule has 13 heavy (non-hydrogen) atoms. The highest BCUT2D eigenvalue weighted by Gasteiger charge is 2.10. The summed E-state index contributed by atoms with van der Waals surface area (Å²) in [5.74, 6) is -0.454. The lowest BCUT2D eigenvalue weighted by molar-refractivity contribution is 0.0600. The number of methoxy groups -OCH3 is 1. The minimum absolute atomic E-state index is 0.263. The fourth-order valence-electron chi connectivity index (χ4n) is 0.836. The smallest absolute Gasteiger partial charge is 0.339 e. The monoisotopic (exact) mass is 243 g/mol. The normalized spacial score (nSPS) is 9.38. The van der Waals surface area contributed by atoms with E-state index >= 15 is 0 Å². The van der Waals surface area contributed by atoms with Gasteiger partial charge in [-0.3, -0.25) is 0 Å². The van der Waals surface area contributed by atoms with Gasteiger partial charge in [0.2, 0.25) is 0 Å². The number of rotatable bonds is 2. The molecule has 0 aliphatic heterocycles. The Bertz CT molecular complexity index is 351. The van der Waals surface area contributed by atoms with Gasteiger partial charge in [-0.15, -0.1) is 4.91 Å². The number of carbonyl (C=O) groups excluding carboxylic acids is 1. The topological polar surface area (TPSA) is 55.7 Å². The molecule has 0 aliphatic carbocycles. The van der Waals surface area contributed by atoms with Crippen molar-refractivity contribution in [2.24, 2.45) is 5.18 Å². The van der Waals surface area contributed by atoms with Crippen LogP contribution in [-0.4, -0.2) is 13.1 Å². The molecule has 0 saturated carbocycles. The highest BCUT2D eigenvalue weighted by molar-refractivity contribution is 9.10. The van der Waals surface area contributed by atoms with Crippen molar-refractivity contribution >= 4 is 27.6 Å². The molecule has 0 saturated heterocycles. The van der Waals surface area contributed by atoms with E-state index in [1.807, 2.05) is 0 Å². The standard InChI is InChI=1S/C8H6BrNO3/c1-13-8(11)6-3-2-5(10-12)4-7(6)9/h2-4H,1H3. The van der Waals surface area contributed by atoms with Crippen LogP contribution in [-0.2, 0) is 4.74 Å². The first kappa shape index (κ1) is 9.85. The summed E-state index contributed by atoms with van der Waals surface area (Å²) in [6.45, 7) is 0. The summed E-state index contributed by atoms with van der Waals surface area (Å²) in [5, 5.41) is 2.73. The van der Waals surface area contributed by atoms with E-state index in [0.717, 1.165) is 0 Å². The minimum atomic E-state index is -0.454. The number of esters is 1. The van der Waals surface area contributed by atoms with Crippen LogP contribution in [0.5, 0.6) is 0 Å². The van der Waals surface area contributed by atoms with E-state index in [4.69, 9.17) is 0 Å². The summed E-state index contributed by atoms with van der Waals surface area (Å²) in [4.78, 5) is 21.2. The largest absolute Gasteiger partial charge is 0.465 e. The van der Waals surface area contributed by atoms with E-state index in [0.29, 0.717) is 10.0 Å². The predicted molar refractivity (Wildman–Crippen MR) is 50.9 cm³/mol. The van der Waals surface area contributed by atoms with E-state index < -0.39 is 5.97 Å². The Hall–Kier alpha value is -1.23. The van der Waals surface area contributed by atoms with Gasteiger partial charge in [-0.05, 0) is 39.3 Å². The van der Waals surface area contributed by atoms with Gasteiger partial charge < -0.3 is 4.74 Å². The van der Waals surface area contributed by atoms with E-state index in [1.165, 1.54) is 25.3 Å². The molecule has 1 aromatic carbocycles. The average Bonchev–Trinajstić information content (AvgIpc) is 2.16. The maximum Gasteiger partial charge on any atom is 0.339 e. The fourth-order valence-corrected chi connectivity index (χ4v) is 1.36. The Labute approximate surface area is 83.0 Å². The molecule has 0 bridgehead atoms. The molecule has 0 amide bonds. The van der Waals surface area contributed by atoms with Gasteiger partial charge in [-0.1, -0.05) is 0 Å². The zero-order chi connectivity index (χ0) is 9.84. The van der Waals surface area contributed by atoms with E-state index in [2.05, 4.69) is 25.8 Å². The van der Waals surface area contributed by atoms with Gasteiger partial charge in [0, 0.05) is 4.47 Å². The van der Waals surface area contributed by atoms with Crippen LogP contribution in [0.1, 0.15) is 10.4 Å². The molecule has 68 valence electrons. The van der Waals surface area contributed by atoms with Gasteiger partial charge in [0.25, 0.3) is 0 Å². The predicted octanol–water partition coefficient (Wildman–Crippen LogP) is 2.63. The van der Waals surface area contributed by atoms with Gasteiger partial charge in [-0.2, -0.15) is 0 Å². The number of benzene rings is 1. The fraction of sp³-hybridized carbons (Fsp3) is 0.125. The quantitative estimate of drug-likeness (QED) is 0.593. The summed E-state index contributed by atoms with van der Waals surface area (Å²) in [5.41, 5.74) is 0.634. The van der Waals surface area contributed by atoms with Gasteiger partial charge in [0.15, 0.2) is 0 Å². The Morgan fingerprint density at radius 2 is 2.23 bits per heavy atom. The zero-order valence-corrected chi connectivity index (χ0v) is 8.37. The van der Waals surface area contributed by atoms with Crippen LogP contribution in [0.15, 0.2) is 27.8 Å². The van der Waals surface area contributed by atoms with Crippen molar-refractivity contribution < 1.29 is 9.53 Å². The van der Waals surface area contributed by atoms with Gasteiger partial charge >= 0.3 is 5.97 Å². The highest BCUT2D eigenvalue weighted by atomic mass is 79.9. The van der Waals surface area contributed by atoms with Crippen LogP contribution in [0.3, 0.4) is 0 Å². The molecular formula is C8H6BrNO3. The van der Waals surface area contributed by atoms with E-state index in [-0.39, 0.29) is 5.69 Å². The van der Waals surface area contributed by atoms with Crippen molar-refractivity contribution in [3.8, 4) is 0 Å². The Morgan fingerprint density at radius 3 is 2.69 bits per heavy atom. The number of nitrogens with zero attached hydrogens (tertiary/aromatic N) is 1. The number of hydrogen-bond acceptors (Lipinski definition) is 4. The number of nitroso groups, excluding NO2 is 1. The highest BCUT2D eigenvalue weighted by Crippen LogP contribution is 2.23.